The number of fused-ring (bicyclic) bond motifs is 1. The number of nitrogens with zero attached hydrogens (tertiary/aromatic N) is 1. The Hall–Kier alpha value is -2.09. The van der Waals surface area contributed by atoms with E-state index >= 15 is 0 Å². The first-order valence-electron chi connectivity index (χ1n) is 7.56. The van der Waals surface area contributed by atoms with Gasteiger partial charge >= 0.3 is 0 Å². The summed E-state index contributed by atoms with van der Waals surface area (Å²) in [4.78, 5) is 12.3. The number of benzene rings is 1. The van der Waals surface area contributed by atoms with Crippen LogP contribution in [0, 0.1) is 0 Å². The molecule has 1 unspecified atom stereocenters. The van der Waals surface area contributed by atoms with Crippen LogP contribution in [0.25, 0.3) is 0 Å². The number of H-pyrrole nitrogens is 1. The zero-order valence-corrected chi connectivity index (χ0v) is 14.2. The van der Waals surface area contributed by atoms with Gasteiger partial charge in [0.1, 0.15) is 5.75 Å². The van der Waals surface area contributed by atoms with Crippen LogP contribution in [-0.4, -0.2) is 41.4 Å². The number of carbonyl (C=O) groups is 1. The summed E-state index contributed by atoms with van der Waals surface area (Å²) in [6, 6.07) is 7.10. The van der Waals surface area contributed by atoms with Crippen molar-refractivity contribution < 1.29 is 14.6 Å². The molecule has 0 saturated heterocycles. The number of aliphatic hydroxyl groups is 1. The third kappa shape index (κ3) is 3.87. The van der Waals surface area contributed by atoms with Crippen LogP contribution in [0.3, 0.4) is 0 Å². The van der Waals surface area contributed by atoms with Crippen molar-refractivity contribution in [1.29, 1.82) is 0 Å². The lowest BCUT2D eigenvalue weighted by molar-refractivity contribution is 0.0910. The van der Waals surface area contributed by atoms with Gasteiger partial charge in [-0.3, -0.25) is 9.89 Å². The molecule has 1 aromatic heterocycles. The van der Waals surface area contributed by atoms with E-state index in [0.717, 1.165) is 35.5 Å². The van der Waals surface area contributed by atoms with Crippen LogP contribution in [-0.2, 0) is 13.0 Å². The van der Waals surface area contributed by atoms with Crippen LogP contribution < -0.4 is 15.4 Å². The van der Waals surface area contributed by atoms with Gasteiger partial charge in [0.05, 0.1) is 13.2 Å². The molecule has 0 radical (unpaired) electrons. The summed E-state index contributed by atoms with van der Waals surface area (Å²) in [6.45, 7) is 1.64. The minimum atomic E-state index is -0.780. The first-order chi connectivity index (χ1) is 11.2. The number of amides is 1. The van der Waals surface area contributed by atoms with Crippen molar-refractivity contribution in [2.75, 3.05) is 20.2 Å². The summed E-state index contributed by atoms with van der Waals surface area (Å²) in [5.74, 6) is 0.444. The molecule has 2 aromatic rings. The number of hydrogen-bond acceptors (Lipinski definition) is 5. The zero-order valence-electron chi connectivity index (χ0n) is 13.3. The van der Waals surface area contributed by atoms with Crippen LogP contribution in [0.2, 0.25) is 0 Å². The minimum absolute atomic E-state index is 0. The molecule has 0 aliphatic carbocycles. The van der Waals surface area contributed by atoms with Gasteiger partial charge in [0.15, 0.2) is 5.69 Å². The molecule has 0 spiro atoms. The first kappa shape index (κ1) is 18.3. The molecule has 24 heavy (non-hydrogen) atoms. The highest BCUT2D eigenvalue weighted by atomic mass is 35.5. The maximum Gasteiger partial charge on any atom is 0.272 e. The van der Waals surface area contributed by atoms with Crippen LogP contribution in [0.15, 0.2) is 24.3 Å². The Kier molecular flexibility index (Phi) is 6.19. The Labute approximate surface area is 146 Å². The Morgan fingerprint density at radius 2 is 2.17 bits per heavy atom. The van der Waals surface area contributed by atoms with Gasteiger partial charge in [-0.05, 0) is 17.7 Å². The molecular weight excluding hydrogens is 332 g/mol. The fourth-order valence-electron chi connectivity index (χ4n) is 2.63. The van der Waals surface area contributed by atoms with Crippen molar-refractivity contribution in [3.8, 4) is 5.75 Å². The summed E-state index contributed by atoms with van der Waals surface area (Å²) in [5, 5.41) is 23.1. The van der Waals surface area contributed by atoms with E-state index in [1.54, 1.807) is 31.4 Å². The number of aromatic nitrogens is 2. The number of rotatable bonds is 5. The highest BCUT2D eigenvalue weighted by Crippen LogP contribution is 2.18. The van der Waals surface area contributed by atoms with Crippen LogP contribution in [0.1, 0.15) is 33.4 Å². The predicted molar refractivity (Wildman–Crippen MR) is 91.5 cm³/mol. The molecule has 7 nitrogen and oxygen atoms in total. The van der Waals surface area contributed by atoms with Crippen LogP contribution in [0.4, 0.5) is 0 Å². The van der Waals surface area contributed by atoms with Gasteiger partial charge in [0.2, 0.25) is 0 Å². The lowest BCUT2D eigenvalue weighted by atomic mass is 10.1. The second-order valence-electron chi connectivity index (χ2n) is 5.46. The number of hydrogen-bond donors (Lipinski definition) is 4. The number of methoxy groups -OCH3 is 1. The zero-order chi connectivity index (χ0) is 16.2. The Bertz CT molecular complexity index is 687. The second kappa shape index (κ2) is 8.14. The van der Waals surface area contributed by atoms with Gasteiger partial charge in [0, 0.05) is 37.3 Å². The molecule has 1 aliphatic heterocycles. The Morgan fingerprint density at radius 1 is 1.42 bits per heavy atom. The molecule has 0 saturated carbocycles. The van der Waals surface area contributed by atoms with Gasteiger partial charge in [-0.25, -0.2) is 0 Å². The maximum atomic E-state index is 12.3. The number of aromatic amines is 1. The fraction of sp³-hybridized carbons (Fsp3) is 0.375. The van der Waals surface area contributed by atoms with E-state index in [0.29, 0.717) is 12.2 Å². The van der Waals surface area contributed by atoms with E-state index in [-0.39, 0.29) is 24.9 Å². The summed E-state index contributed by atoms with van der Waals surface area (Å²) in [7, 11) is 1.59. The van der Waals surface area contributed by atoms with E-state index in [9.17, 15) is 9.90 Å². The number of halogens is 1. The van der Waals surface area contributed by atoms with E-state index in [2.05, 4.69) is 20.8 Å². The van der Waals surface area contributed by atoms with Gasteiger partial charge in [0.25, 0.3) is 5.91 Å². The smallest absolute Gasteiger partial charge is 0.272 e. The maximum absolute atomic E-state index is 12.3. The highest BCUT2D eigenvalue weighted by Gasteiger charge is 2.22. The molecule has 0 fully saturated rings. The molecule has 3 rings (SSSR count). The fourth-order valence-corrected chi connectivity index (χ4v) is 2.63. The molecule has 1 atom stereocenters. The standard InChI is InChI=1S/C16H20N4O3.ClH/c1-23-11-4-2-10(3-5-11)14(21)9-18-16(22)15-12-8-17-7-6-13(12)19-20-15;/h2-5,14,17,21H,6-9H2,1H3,(H,18,22)(H,19,20);1H. The number of carbonyl (C=O) groups excluding carboxylic acids is 1. The average molecular weight is 353 g/mol. The minimum Gasteiger partial charge on any atom is -0.497 e. The van der Waals surface area contributed by atoms with E-state index in [1.165, 1.54) is 0 Å². The summed E-state index contributed by atoms with van der Waals surface area (Å²) in [6.07, 6.45) is 0.0575. The normalized spacial score (nSPS) is 14.2. The van der Waals surface area contributed by atoms with Gasteiger partial charge in [-0.15, -0.1) is 12.4 Å². The van der Waals surface area contributed by atoms with Crippen molar-refractivity contribution in [3.05, 3.63) is 46.8 Å². The molecular formula is C16H21ClN4O3. The van der Waals surface area contributed by atoms with Crippen molar-refractivity contribution in [3.63, 3.8) is 0 Å². The monoisotopic (exact) mass is 352 g/mol. The Morgan fingerprint density at radius 3 is 2.88 bits per heavy atom. The largest absolute Gasteiger partial charge is 0.497 e. The molecule has 8 heteroatoms. The summed E-state index contributed by atoms with van der Waals surface area (Å²) >= 11 is 0. The van der Waals surface area contributed by atoms with Crippen molar-refractivity contribution in [2.45, 2.75) is 19.1 Å². The molecule has 4 N–H and O–H groups in total. The molecule has 0 bridgehead atoms. The lowest BCUT2D eigenvalue weighted by Gasteiger charge is -2.14. The van der Waals surface area contributed by atoms with E-state index in [1.807, 2.05) is 0 Å². The van der Waals surface area contributed by atoms with Crippen LogP contribution >= 0.6 is 12.4 Å². The van der Waals surface area contributed by atoms with Crippen molar-refractivity contribution >= 4 is 18.3 Å². The summed E-state index contributed by atoms with van der Waals surface area (Å²) < 4.78 is 5.08. The quantitative estimate of drug-likeness (QED) is 0.642. The van der Waals surface area contributed by atoms with Crippen LogP contribution in [0.5, 0.6) is 5.75 Å². The lowest BCUT2D eigenvalue weighted by Crippen LogP contribution is -2.31. The molecule has 2 heterocycles. The van der Waals surface area contributed by atoms with Crippen molar-refractivity contribution in [2.24, 2.45) is 0 Å². The number of aliphatic hydroxyl groups excluding tert-OH is 1. The highest BCUT2D eigenvalue weighted by molar-refractivity contribution is 5.94. The second-order valence-corrected chi connectivity index (χ2v) is 5.46. The van der Waals surface area contributed by atoms with E-state index in [4.69, 9.17) is 4.74 Å². The topological polar surface area (TPSA) is 99.3 Å². The first-order valence-corrected chi connectivity index (χ1v) is 7.56. The number of ether oxygens (including phenoxy) is 1. The predicted octanol–water partition coefficient (Wildman–Crippen LogP) is 0.949. The average Bonchev–Trinajstić information content (AvgIpc) is 3.03. The number of nitrogens with one attached hydrogen (secondary N) is 3. The van der Waals surface area contributed by atoms with Gasteiger partial charge < -0.3 is 20.5 Å². The molecule has 1 aliphatic rings. The molecule has 1 amide bonds. The third-order valence-electron chi connectivity index (χ3n) is 3.98. The third-order valence-corrected chi connectivity index (χ3v) is 3.98. The summed E-state index contributed by atoms with van der Waals surface area (Å²) in [5.41, 5.74) is 3.03. The Balaban J connectivity index is 0.00000208. The van der Waals surface area contributed by atoms with Gasteiger partial charge in [-0.1, -0.05) is 12.1 Å². The van der Waals surface area contributed by atoms with Gasteiger partial charge in [-0.2, -0.15) is 5.10 Å². The molecule has 130 valence electrons. The van der Waals surface area contributed by atoms with E-state index < -0.39 is 6.10 Å². The molecule has 1 aromatic carbocycles. The van der Waals surface area contributed by atoms with Crippen molar-refractivity contribution in [1.82, 2.24) is 20.8 Å². The SMILES string of the molecule is COc1ccc(C(O)CNC(=O)c2n[nH]c3c2CNCC3)cc1.Cl.